The molecule has 0 aliphatic heterocycles. The number of unbranched alkanes of at least 4 members (excludes halogenated alkanes) is 3. The third kappa shape index (κ3) is 10.6. The molecule has 0 radical (unpaired) electrons. The van der Waals surface area contributed by atoms with Crippen molar-refractivity contribution >= 4 is 0 Å². The lowest BCUT2D eigenvalue weighted by atomic mass is 9.93. The van der Waals surface area contributed by atoms with Gasteiger partial charge in [-0.2, -0.15) is 0 Å². The molecule has 0 fully saturated rings. The number of hydrogen-bond donors (Lipinski definition) is 0. The SMILES string of the molecule is CCCC=CC(C)=CCCC(CC)CCCCC. The molecule has 0 aromatic rings. The van der Waals surface area contributed by atoms with Gasteiger partial charge in [0.05, 0.1) is 0 Å². The second-order valence-corrected chi connectivity index (χ2v) is 5.49. The van der Waals surface area contributed by atoms with Gasteiger partial charge in [-0.25, -0.2) is 0 Å². The van der Waals surface area contributed by atoms with Gasteiger partial charge in [-0.05, 0) is 32.1 Å². The molecule has 0 saturated carbocycles. The fourth-order valence-corrected chi connectivity index (χ4v) is 2.29. The molecule has 0 saturated heterocycles. The van der Waals surface area contributed by atoms with Crippen LogP contribution >= 0.6 is 0 Å². The van der Waals surface area contributed by atoms with Gasteiger partial charge < -0.3 is 0 Å². The van der Waals surface area contributed by atoms with Crippen LogP contribution < -0.4 is 0 Å². The minimum Gasteiger partial charge on any atom is -0.0843 e. The van der Waals surface area contributed by atoms with E-state index in [0.29, 0.717) is 0 Å². The average molecular weight is 250 g/mol. The van der Waals surface area contributed by atoms with E-state index in [4.69, 9.17) is 0 Å². The minimum atomic E-state index is 0.945. The Balaban J connectivity index is 3.79. The van der Waals surface area contributed by atoms with Crippen molar-refractivity contribution in [3.8, 4) is 0 Å². The van der Waals surface area contributed by atoms with Crippen molar-refractivity contribution in [3.63, 3.8) is 0 Å². The van der Waals surface area contributed by atoms with E-state index < -0.39 is 0 Å². The Labute approximate surface area is 116 Å². The number of allylic oxidation sites excluding steroid dienone is 4. The van der Waals surface area contributed by atoms with Crippen molar-refractivity contribution in [2.75, 3.05) is 0 Å². The zero-order valence-electron chi connectivity index (χ0n) is 13.2. The normalized spacial score (nSPS) is 14.3. The minimum absolute atomic E-state index is 0.945. The molecule has 0 aromatic carbocycles. The molecule has 0 heterocycles. The van der Waals surface area contributed by atoms with Crippen LogP contribution in [0.4, 0.5) is 0 Å². The highest BCUT2D eigenvalue weighted by Gasteiger charge is 2.04. The zero-order chi connectivity index (χ0) is 13.6. The first-order chi connectivity index (χ1) is 8.74. The Morgan fingerprint density at radius 3 is 2.33 bits per heavy atom. The largest absolute Gasteiger partial charge is 0.0843 e. The Morgan fingerprint density at radius 1 is 0.944 bits per heavy atom. The van der Waals surface area contributed by atoms with E-state index in [1.165, 1.54) is 63.4 Å². The van der Waals surface area contributed by atoms with E-state index in [1.807, 2.05) is 0 Å². The second-order valence-electron chi connectivity index (χ2n) is 5.49. The molecule has 106 valence electrons. The predicted octanol–water partition coefficient (Wildman–Crippen LogP) is 6.68. The van der Waals surface area contributed by atoms with Crippen LogP contribution in [0.2, 0.25) is 0 Å². The highest BCUT2D eigenvalue weighted by Crippen LogP contribution is 2.19. The molecule has 0 aromatic heterocycles. The first-order valence-corrected chi connectivity index (χ1v) is 8.07. The molecular formula is C18H34. The predicted molar refractivity (Wildman–Crippen MR) is 85.0 cm³/mol. The Kier molecular flexibility index (Phi) is 12.6. The van der Waals surface area contributed by atoms with Gasteiger partial charge in [0, 0.05) is 0 Å². The van der Waals surface area contributed by atoms with E-state index in [1.54, 1.807) is 0 Å². The molecule has 0 nitrogen and oxygen atoms in total. The summed E-state index contributed by atoms with van der Waals surface area (Å²) >= 11 is 0. The van der Waals surface area contributed by atoms with Crippen LogP contribution in [0.15, 0.2) is 23.8 Å². The number of hydrogen-bond acceptors (Lipinski definition) is 0. The van der Waals surface area contributed by atoms with Gasteiger partial charge in [0.1, 0.15) is 0 Å². The van der Waals surface area contributed by atoms with Gasteiger partial charge in [-0.1, -0.05) is 83.1 Å². The summed E-state index contributed by atoms with van der Waals surface area (Å²) in [7, 11) is 0. The van der Waals surface area contributed by atoms with Crippen molar-refractivity contribution in [1.29, 1.82) is 0 Å². The quantitative estimate of drug-likeness (QED) is 0.283. The van der Waals surface area contributed by atoms with Crippen LogP contribution in [0.3, 0.4) is 0 Å². The molecule has 18 heavy (non-hydrogen) atoms. The lowest BCUT2D eigenvalue weighted by Gasteiger charge is -2.13. The van der Waals surface area contributed by atoms with Crippen LogP contribution in [0.25, 0.3) is 0 Å². The van der Waals surface area contributed by atoms with Crippen LogP contribution in [-0.2, 0) is 0 Å². The van der Waals surface area contributed by atoms with E-state index in [-0.39, 0.29) is 0 Å². The fraction of sp³-hybridized carbons (Fsp3) is 0.778. The van der Waals surface area contributed by atoms with Gasteiger partial charge in [0.15, 0.2) is 0 Å². The van der Waals surface area contributed by atoms with E-state index >= 15 is 0 Å². The molecular weight excluding hydrogens is 216 g/mol. The molecule has 0 spiro atoms. The molecule has 0 aliphatic rings. The van der Waals surface area contributed by atoms with Crippen LogP contribution in [0.1, 0.15) is 85.5 Å². The smallest absolute Gasteiger partial charge is 0.0342 e. The van der Waals surface area contributed by atoms with Crippen molar-refractivity contribution in [2.45, 2.75) is 85.5 Å². The van der Waals surface area contributed by atoms with Crippen molar-refractivity contribution < 1.29 is 0 Å². The van der Waals surface area contributed by atoms with E-state index in [0.717, 1.165) is 5.92 Å². The summed E-state index contributed by atoms with van der Waals surface area (Å²) in [6, 6.07) is 0. The fourth-order valence-electron chi connectivity index (χ4n) is 2.29. The molecule has 1 atom stereocenters. The zero-order valence-corrected chi connectivity index (χ0v) is 13.2. The van der Waals surface area contributed by atoms with Gasteiger partial charge in [-0.15, -0.1) is 0 Å². The monoisotopic (exact) mass is 250 g/mol. The average Bonchev–Trinajstić information content (AvgIpc) is 2.37. The molecule has 0 bridgehead atoms. The lowest BCUT2D eigenvalue weighted by molar-refractivity contribution is 0.419. The summed E-state index contributed by atoms with van der Waals surface area (Å²) in [6.45, 7) is 9.08. The van der Waals surface area contributed by atoms with Crippen molar-refractivity contribution in [2.24, 2.45) is 5.92 Å². The summed E-state index contributed by atoms with van der Waals surface area (Å²) < 4.78 is 0. The van der Waals surface area contributed by atoms with Crippen molar-refractivity contribution in [3.05, 3.63) is 23.8 Å². The van der Waals surface area contributed by atoms with Gasteiger partial charge in [-0.3, -0.25) is 0 Å². The van der Waals surface area contributed by atoms with Crippen LogP contribution in [0, 0.1) is 5.92 Å². The highest BCUT2D eigenvalue weighted by atomic mass is 14.1. The third-order valence-electron chi connectivity index (χ3n) is 3.67. The second kappa shape index (κ2) is 12.9. The van der Waals surface area contributed by atoms with Crippen molar-refractivity contribution in [1.82, 2.24) is 0 Å². The Hall–Kier alpha value is -0.520. The topological polar surface area (TPSA) is 0 Å². The molecule has 0 aliphatic carbocycles. The van der Waals surface area contributed by atoms with Crippen LogP contribution in [-0.4, -0.2) is 0 Å². The first-order valence-electron chi connectivity index (χ1n) is 8.07. The Bertz CT molecular complexity index is 222. The lowest BCUT2D eigenvalue weighted by Crippen LogP contribution is -1.98. The van der Waals surface area contributed by atoms with Crippen LogP contribution in [0.5, 0.6) is 0 Å². The highest BCUT2D eigenvalue weighted by molar-refractivity contribution is 5.15. The first kappa shape index (κ1) is 17.5. The van der Waals surface area contributed by atoms with E-state index in [2.05, 4.69) is 45.9 Å². The van der Waals surface area contributed by atoms with Gasteiger partial charge >= 0.3 is 0 Å². The summed E-state index contributed by atoms with van der Waals surface area (Å²) in [5.41, 5.74) is 1.44. The molecule has 0 amide bonds. The summed E-state index contributed by atoms with van der Waals surface area (Å²) in [5.74, 6) is 0.945. The van der Waals surface area contributed by atoms with Gasteiger partial charge in [0.2, 0.25) is 0 Å². The Morgan fingerprint density at radius 2 is 1.72 bits per heavy atom. The molecule has 0 rings (SSSR count). The standard InChI is InChI=1S/C18H34/c1-5-8-10-13-17(4)14-12-16-18(7-3)15-11-9-6-2/h10,13-14,18H,5-9,11-12,15-16H2,1-4H3. The maximum atomic E-state index is 2.41. The summed E-state index contributed by atoms with van der Waals surface area (Å²) in [5, 5.41) is 0. The molecule has 1 unspecified atom stereocenters. The molecule has 0 heteroatoms. The maximum absolute atomic E-state index is 2.41. The summed E-state index contributed by atoms with van der Waals surface area (Å²) in [4.78, 5) is 0. The summed E-state index contributed by atoms with van der Waals surface area (Å²) in [6.07, 6.45) is 19.0. The van der Waals surface area contributed by atoms with E-state index in [9.17, 15) is 0 Å². The maximum Gasteiger partial charge on any atom is -0.0342 e. The van der Waals surface area contributed by atoms with Gasteiger partial charge in [0.25, 0.3) is 0 Å². The number of rotatable bonds is 11. The molecule has 0 N–H and O–H groups in total. The third-order valence-corrected chi connectivity index (χ3v) is 3.67.